The molecule has 4 aromatic rings. The fraction of sp³-hybridized carbons (Fsp3) is 0.250. The number of carbonyl (C=O) groups excluding carboxylic acids is 2. The molecule has 1 aliphatic heterocycles. The maximum atomic E-state index is 13.1. The lowest BCUT2D eigenvalue weighted by Crippen LogP contribution is -2.43. The quantitative estimate of drug-likeness (QED) is 0.432. The van der Waals surface area contributed by atoms with Crippen LogP contribution in [0, 0.1) is 0 Å². The molecule has 178 valence electrons. The van der Waals surface area contributed by atoms with E-state index in [1.165, 1.54) is 0 Å². The van der Waals surface area contributed by atoms with Crippen LogP contribution in [-0.2, 0) is 19.4 Å². The number of rotatable bonds is 6. The fourth-order valence-electron chi connectivity index (χ4n) is 4.59. The van der Waals surface area contributed by atoms with E-state index in [1.807, 2.05) is 61.5 Å². The first-order valence-corrected chi connectivity index (χ1v) is 11.9. The van der Waals surface area contributed by atoms with Gasteiger partial charge in [-0.1, -0.05) is 78.0 Å². The van der Waals surface area contributed by atoms with E-state index in [-0.39, 0.29) is 30.2 Å². The first-order valence-electron chi connectivity index (χ1n) is 11.9. The highest BCUT2D eigenvalue weighted by Crippen LogP contribution is 2.26. The summed E-state index contributed by atoms with van der Waals surface area (Å²) in [5, 5.41) is 12.3. The number of fused-ring (bicyclic) bond motifs is 2. The molecule has 3 amide bonds. The summed E-state index contributed by atoms with van der Waals surface area (Å²) in [6, 6.07) is 23.9. The van der Waals surface area contributed by atoms with Gasteiger partial charge < -0.3 is 20.1 Å². The van der Waals surface area contributed by atoms with Gasteiger partial charge >= 0.3 is 6.03 Å². The van der Waals surface area contributed by atoms with E-state index in [1.54, 1.807) is 4.90 Å². The molecule has 0 fully saturated rings. The number of carbonyl (C=O) groups is 2. The van der Waals surface area contributed by atoms with Crippen LogP contribution < -0.4 is 10.6 Å². The van der Waals surface area contributed by atoms with E-state index in [0.29, 0.717) is 30.8 Å². The normalized spacial score (nSPS) is 13.8. The summed E-state index contributed by atoms with van der Waals surface area (Å²) in [5.41, 5.74) is 3.16. The molecule has 1 unspecified atom stereocenters. The highest BCUT2D eigenvalue weighted by atomic mass is 16.5. The number of nitrogens with one attached hydrogen (secondary N) is 2. The topological polar surface area (TPSA) is 87.5 Å². The van der Waals surface area contributed by atoms with Gasteiger partial charge in [0.25, 0.3) is 5.91 Å². The van der Waals surface area contributed by atoms with Crippen LogP contribution in [0.4, 0.5) is 4.79 Å². The molecule has 0 saturated heterocycles. The van der Waals surface area contributed by atoms with Gasteiger partial charge in [-0.2, -0.15) is 0 Å². The van der Waals surface area contributed by atoms with Crippen LogP contribution in [0.25, 0.3) is 10.8 Å². The van der Waals surface area contributed by atoms with Crippen molar-refractivity contribution in [1.82, 2.24) is 20.7 Å². The predicted molar refractivity (Wildman–Crippen MR) is 134 cm³/mol. The van der Waals surface area contributed by atoms with Crippen molar-refractivity contribution in [3.8, 4) is 0 Å². The molecule has 0 radical (unpaired) electrons. The molecule has 0 saturated carbocycles. The van der Waals surface area contributed by atoms with E-state index in [2.05, 4.69) is 34.0 Å². The Kier molecular flexibility index (Phi) is 6.48. The van der Waals surface area contributed by atoms with E-state index >= 15 is 0 Å². The van der Waals surface area contributed by atoms with Crippen LogP contribution in [-0.4, -0.2) is 35.1 Å². The molecule has 7 heteroatoms. The van der Waals surface area contributed by atoms with Gasteiger partial charge in [0.2, 0.25) is 0 Å². The molecule has 0 aliphatic carbocycles. The Morgan fingerprint density at radius 3 is 2.66 bits per heavy atom. The van der Waals surface area contributed by atoms with Crippen LogP contribution in [0.3, 0.4) is 0 Å². The second kappa shape index (κ2) is 10.0. The van der Waals surface area contributed by atoms with Crippen molar-refractivity contribution in [2.45, 2.75) is 32.4 Å². The molecule has 1 atom stereocenters. The molecule has 2 heterocycles. The van der Waals surface area contributed by atoms with Gasteiger partial charge in [0.1, 0.15) is 5.76 Å². The summed E-state index contributed by atoms with van der Waals surface area (Å²) in [5.74, 6) is 0.390. The minimum absolute atomic E-state index is 0.168. The molecule has 3 aromatic carbocycles. The summed E-state index contributed by atoms with van der Waals surface area (Å²) in [6.07, 6.45) is 1.25. The Labute approximate surface area is 204 Å². The molecule has 1 aliphatic rings. The minimum Gasteiger partial charge on any atom is -0.360 e. The largest absolute Gasteiger partial charge is 0.360 e. The molecular formula is C28H28N4O3. The lowest BCUT2D eigenvalue weighted by Gasteiger charge is -2.28. The second-order valence-corrected chi connectivity index (χ2v) is 8.84. The molecule has 7 nitrogen and oxygen atoms in total. The van der Waals surface area contributed by atoms with Crippen molar-refractivity contribution in [2.75, 3.05) is 13.1 Å². The van der Waals surface area contributed by atoms with E-state index in [9.17, 15) is 9.59 Å². The van der Waals surface area contributed by atoms with Crippen molar-refractivity contribution >= 4 is 22.7 Å². The Balaban J connectivity index is 1.23. The van der Waals surface area contributed by atoms with Gasteiger partial charge in [0.15, 0.2) is 5.69 Å². The number of nitrogens with zero attached hydrogens (tertiary/aromatic N) is 2. The molecular weight excluding hydrogens is 440 g/mol. The zero-order valence-electron chi connectivity index (χ0n) is 19.7. The van der Waals surface area contributed by atoms with E-state index < -0.39 is 0 Å². The lowest BCUT2D eigenvalue weighted by molar-refractivity contribution is 0.0943. The maximum absolute atomic E-state index is 13.1. The van der Waals surface area contributed by atoms with Gasteiger partial charge in [0.05, 0.1) is 12.6 Å². The average molecular weight is 469 g/mol. The number of aromatic nitrogens is 1. The average Bonchev–Trinajstić information content (AvgIpc) is 3.32. The number of hydrogen-bond acceptors (Lipinski definition) is 4. The smallest absolute Gasteiger partial charge is 0.318 e. The van der Waals surface area contributed by atoms with E-state index in [0.717, 1.165) is 28.3 Å². The summed E-state index contributed by atoms with van der Waals surface area (Å²) < 4.78 is 5.43. The van der Waals surface area contributed by atoms with Crippen LogP contribution in [0.5, 0.6) is 0 Å². The predicted octanol–water partition coefficient (Wildman–Crippen LogP) is 4.63. The Hall–Kier alpha value is -4.13. The van der Waals surface area contributed by atoms with Crippen LogP contribution in [0.2, 0.25) is 0 Å². The van der Waals surface area contributed by atoms with Crippen molar-refractivity contribution < 1.29 is 14.1 Å². The Morgan fingerprint density at radius 1 is 1.03 bits per heavy atom. The van der Waals surface area contributed by atoms with Crippen LogP contribution in [0.15, 0.2) is 77.3 Å². The van der Waals surface area contributed by atoms with Gasteiger partial charge in [-0.3, -0.25) is 4.79 Å². The highest BCUT2D eigenvalue weighted by molar-refractivity contribution is 5.94. The molecule has 35 heavy (non-hydrogen) atoms. The third-order valence-corrected chi connectivity index (χ3v) is 6.50. The summed E-state index contributed by atoms with van der Waals surface area (Å²) in [7, 11) is 0. The number of hydrogen-bond donors (Lipinski definition) is 2. The number of benzene rings is 3. The van der Waals surface area contributed by atoms with Crippen molar-refractivity contribution in [2.24, 2.45) is 0 Å². The molecule has 1 aromatic heterocycles. The monoisotopic (exact) mass is 468 g/mol. The zero-order valence-corrected chi connectivity index (χ0v) is 19.7. The first kappa shape index (κ1) is 22.7. The fourth-order valence-corrected chi connectivity index (χ4v) is 4.59. The zero-order chi connectivity index (χ0) is 24.2. The second-order valence-electron chi connectivity index (χ2n) is 8.84. The van der Waals surface area contributed by atoms with Crippen molar-refractivity contribution in [3.63, 3.8) is 0 Å². The van der Waals surface area contributed by atoms with Crippen LogP contribution in [0.1, 0.15) is 45.9 Å². The molecule has 0 spiro atoms. The van der Waals surface area contributed by atoms with Gasteiger partial charge in [-0.15, -0.1) is 0 Å². The number of amides is 3. The van der Waals surface area contributed by atoms with Gasteiger partial charge in [-0.25, -0.2) is 4.79 Å². The summed E-state index contributed by atoms with van der Waals surface area (Å²) >= 11 is 0. The van der Waals surface area contributed by atoms with Crippen molar-refractivity contribution in [1.29, 1.82) is 0 Å². The van der Waals surface area contributed by atoms with Gasteiger partial charge in [-0.05, 0) is 35.2 Å². The van der Waals surface area contributed by atoms with Gasteiger partial charge in [0, 0.05) is 25.1 Å². The maximum Gasteiger partial charge on any atom is 0.318 e. The third-order valence-electron chi connectivity index (χ3n) is 6.50. The molecule has 2 N–H and O–H groups in total. The highest BCUT2D eigenvalue weighted by Gasteiger charge is 2.30. The Morgan fingerprint density at radius 2 is 1.80 bits per heavy atom. The molecule has 5 rings (SSSR count). The minimum atomic E-state index is -0.280. The number of urea groups is 1. The molecule has 0 bridgehead atoms. The first-order chi connectivity index (χ1) is 17.1. The van der Waals surface area contributed by atoms with Crippen LogP contribution >= 0.6 is 0 Å². The Bertz CT molecular complexity index is 1340. The summed E-state index contributed by atoms with van der Waals surface area (Å²) in [4.78, 5) is 27.6. The van der Waals surface area contributed by atoms with E-state index in [4.69, 9.17) is 4.52 Å². The van der Waals surface area contributed by atoms with Crippen molar-refractivity contribution in [3.05, 3.63) is 101 Å². The standard InChI is InChI=1S/C28H28N4O3/c1-19(22-13-7-11-21-10-5-6-12-23(21)22)30-28(34)32-17-15-25-24(18-32)26(31-35-25)27(33)29-16-14-20-8-3-2-4-9-20/h2-13,19H,14-18H2,1H3,(H,29,33)(H,30,34). The lowest BCUT2D eigenvalue weighted by atomic mass is 10.00. The third kappa shape index (κ3) is 4.89. The SMILES string of the molecule is CC(NC(=O)N1CCc2onc(C(=O)NCCc3ccccc3)c2C1)c1cccc2ccccc12. The summed E-state index contributed by atoms with van der Waals surface area (Å²) in [6.45, 7) is 3.27.